The van der Waals surface area contributed by atoms with Crippen molar-refractivity contribution in [1.82, 2.24) is 0 Å². The van der Waals surface area contributed by atoms with E-state index in [1.165, 1.54) is 5.56 Å². The highest BCUT2D eigenvalue weighted by atomic mass is 35.5. The third-order valence-corrected chi connectivity index (χ3v) is 1.67. The van der Waals surface area contributed by atoms with E-state index < -0.39 is 0 Å². The van der Waals surface area contributed by atoms with Crippen LogP contribution in [0.3, 0.4) is 0 Å². The minimum atomic E-state index is -0.241. The zero-order valence-corrected chi connectivity index (χ0v) is 7.84. The fourth-order valence-electron chi connectivity index (χ4n) is 1.01. The van der Waals surface area contributed by atoms with Crippen molar-refractivity contribution >= 4 is 12.4 Å². The molecule has 1 unspecified atom stereocenters. The second-order valence-electron chi connectivity index (χ2n) is 2.70. The van der Waals surface area contributed by atoms with Crippen LogP contribution in [-0.2, 0) is 0 Å². The summed E-state index contributed by atoms with van der Waals surface area (Å²) in [5.41, 5.74) is 7.78. The second-order valence-corrected chi connectivity index (χ2v) is 2.70. The highest BCUT2D eigenvalue weighted by Crippen LogP contribution is 2.10. The molecule has 12 heavy (non-hydrogen) atoms. The summed E-state index contributed by atoms with van der Waals surface area (Å²) in [4.78, 5) is 0. The molecule has 0 saturated carbocycles. The maximum atomic E-state index is 8.75. The highest BCUT2D eigenvalue weighted by Gasteiger charge is 2.02. The topological polar surface area (TPSA) is 46.2 Å². The summed E-state index contributed by atoms with van der Waals surface area (Å²) in [6, 6.07) is 7.62. The van der Waals surface area contributed by atoms with E-state index in [2.05, 4.69) is 0 Å². The summed E-state index contributed by atoms with van der Waals surface area (Å²) in [6.07, 6.45) is 0. The number of nitrogens with two attached hydrogens (primary N) is 1. The highest BCUT2D eigenvalue weighted by molar-refractivity contribution is 5.85. The van der Waals surface area contributed by atoms with Crippen LogP contribution in [-0.4, -0.2) is 11.7 Å². The van der Waals surface area contributed by atoms with Crippen LogP contribution in [0.1, 0.15) is 17.2 Å². The average molecular weight is 188 g/mol. The smallest absolute Gasteiger partial charge is 0.0624 e. The summed E-state index contributed by atoms with van der Waals surface area (Å²) in [7, 11) is 0. The van der Waals surface area contributed by atoms with Gasteiger partial charge >= 0.3 is 0 Å². The lowest BCUT2D eigenvalue weighted by molar-refractivity contribution is 0.268. The largest absolute Gasteiger partial charge is 0.394 e. The average Bonchev–Trinajstić information content (AvgIpc) is 2.03. The van der Waals surface area contributed by atoms with Crippen LogP contribution < -0.4 is 5.73 Å². The van der Waals surface area contributed by atoms with Gasteiger partial charge in [-0.05, 0) is 12.5 Å². The maximum absolute atomic E-state index is 8.75. The molecule has 0 heterocycles. The summed E-state index contributed by atoms with van der Waals surface area (Å²) in [5.74, 6) is 0. The molecule has 0 aliphatic heterocycles. The van der Waals surface area contributed by atoms with Crippen LogP contribution in [0.2, 0.25) is 0 Å². The Hall–Kier alpha value is -0.570. The van der Waals surface area contributed by atoms with Gasteiger partial charge in [0.15, 0.2) is 0 Å². The quantitative estimate of drug-likeness (QED) is 0.736. The van der Waals surface area contributed by atoms with Gasteiger partial charge in [-0.25, -0.2) is 0 Å². The Labute approximate surface area is 78.8 Å². The van der Waals surface area contributed by atoms with Gasteiger partial charge in [-0.3, -0.25) is 0 Å². The number of hydrogen-bond donors (Lipinski definition) is 2. The van der Waals surface area contributed by atoms with Gasteiger partial charge in [-0.2, -0.15) is 0 Å². The maximum Gasteiger partial charge on any atom is 0.0624 e. The first kappa shape index (κ1) is 11.4. The van der Waals surface area contributed by atoms with Crippen molar-refractivity contribution in [3.05, 3.63) is 35.4 Å². The lowest BCUT2D eigenvalue weighted by Gasteiger charge is -2.08. The number of hydrogen-bond acceptors (Lipinski definition) is 2. The van der Waals surface area contributed by atoms with Crippen molar-refractivity contribution in [2.75, 3.05) is 6.61 Å². The Bertz CT molecular complexity index is 240. The van der Waals surface area contributed by atoms with E-state index in [4.69, 9.17) is 10.8 Å². The first-order valence-corrected chi connectivity index (χ1v) is 3.67. The summed E-state index contributed by atoms with van der Waals surface area (Å²) in [5, 5.41) is 8.75. The number of halogens is 1. The minimum Gasteiger partial charge on any atom is -0.394 e. The van der Waals surface area contributed by atoms with Crippen LogP contribution in [0.25, 0.3) is 0 Å². The third-order valence-electron chi connectivity index (χ3n) is 1.67. The Balaban J connectivity index is 0.00000121. The molecule has 2 nitrogen and oxygen atoms in total. The van der Waals surface area contributed by atoms with Crippen molar-refractivity contribution in [2.24, 2.45) is 5.73 Å². The van der Waals surface area contributed by atoms with Crippen molar-refractivity contribution in [3.8, 4) is 0 Å². The predicted octanol–water partition coefficient (Wildman–Crippen LogP) is 1.41. The van der Waals surface area contributed by atoms with E-state index in [9.17, 15) is 0 Å². The molecule has 0 aliphatic carbocycles. The van der Waals surface area contributed by atoms with E-state index in [0.717, 1.165) is 5.56 Å². The van der Waals surface area contributed by atoms with E-state index in [0.29, 0.717) is 0 Å². The lowest BCUT2D eigenvalue weighted by Crippen LogP contribution is -2.14. The molecule has 0 radical (unpaired) electrons. The van der Waals surface area contributed by atoms with Gasteiger partial charge in [-0.15, -0.1) is 12.4 Å². The molecule has 1 rings (SSSR count). The molecule has 0 bridgehead atoms. The van der Waals surface area contributed by atoms with Gasteiger partial charge < -0.3 is 10.8 Å². The van der Waals surface area contributed by atoms with E-state index in [-0.39, 0.29) is 25.1 Å². The van der Waals surface area contributed by atoms with Gasteiger partial charge in [0.25, 0.3) is 0 Å². The zero-order valence-electron chi connectivity index (χ0n) is 7.03. The fraction of sp³-hybridized carbons (Fsp3) is 0.333. The fourth-order valence-corrected chi connectivity index (χ4v) is 1.01. The molecule has 3 heteroatoms. The molecule has 0 amide bonds. The number of rotatable bonds is 2. The van der Waals surface area contributed by atoms with E-state index in [1.54, 1.807) is 0 Å². The van der Waals surface area contributed by atoms with Gasteiger partial charge in [0.05, 0.1) is 12.6 Å². The van der Waals surface area contributed by atoms with Gasteiger partial charge in [0.1, 0.15) is 0 Å². The van der Waals surface area contributed by atoms with Gasteiger partial charge in [0, 0.05) is 0 Å². The Morgan fingerprint density at radius 1 is 1.50 bits per heavy atom. The minimum absolute atomic E-state index is 0. The zero-order chi connectivity index (χ0) is 8.27. The molecule has 0 saturated heterocycles. The summed E-state index contributed by atoms with van der Waals surface area (Å²) < 4.78 is 0. The van der Waals surface area contributed by atoms with Crippen LogP contribution >= 0.6 is 12.4 Å². The number of benzene rings is 1. The standard InChI is InChI=1S/C9H13NO.ClH/c1-7-3-2-4-8(5-7)9(10)6-11;/h2-5,9,11H,6,10H2,1H3;1H. The molecule has 1 atom stereocenters. The molecule has 0 fully saturated rings. The molecule has 0 aliphatic rings. The number of aryl methyl sites for hydroxylation is 1. The monoisotopic (exact) mass is 187 g/mol. The molecule has 0 spiro atoms. The Morgan fingerprint density at radius 2 is 2.17 bits per heavy atom. The molecule has 1 aromatic rings. The van der Waals surface area contributed by atoms with Crippen molar-refractivity contribution in [3.63, 3.8) is 0 Å². The normalized spacial score (nSPS) is 11.9. The lowest BCUT2D eigenvalue weighted by atomic mass is 10.1. The molecule has 68 valence electrons. The SMILES string of the molecule is Cc1cccc(C(N)CO)c1.Cl. The predicted molar refractivity (Wildman–Crippen MR) is 52.4 cm³/mol. The van der Waals surface area contributed by atoms with Gasteiger partial charge in [0.2, 0.25) is 0 Å². The van der Waals surface area contributed by atoms with Crippen LogP contribution in [0, 0.1) is 6.92 Å². The van der Waals surface area contributed by atoms with E-state index >= 15 is 0 Å². The third kappa shape index (κ3) is 2.81. The Morgan fingerprint density at radius 3 is 2.67 bits per heavy atom. The van der Waals surface area contributed by atoms with Crippen LogP contribution in [0.15, 0.2) is 24.3 Å². The molecular formula is C9H14ClNO. The summed E-state index contributed by atoms with van der Waals surface area (Å²) >= 11 is 0. The first-order chi connectivity index (χ1) is 5.24. The second kappa shape index (κ2) is 5.14. The molecular weight excluding hydrogens is 174 g/mol. The van der Waals surface area contributed by atoms with Crippen molar-refractivity contribution in [2.45, 2.75) is 13.0 Å². The van der Waals surface area contributed by atoms with Crippen LogP contribution in [0.4, 0.5) is 0 Å². The first-order valence-electron chi connectivity index (χ1n) is 3.67. The van der Waals surface area contributed by atoms with Crippen molar-refractivity contribution in [1.29, 1.82) is 0 Å². The van der Waals surface area contributed by atoms with E-state index in [1.807, 2.05) is 31.2 Å². The molecule has 1 aromatic carbocycles. The Kier molecular flexibility index (Phi) is 4.90. The summed E-state index contributed by atoms with van der Waals surface area (Å²) in [6.45, 7) is 2.01. The number of aliphatic hydroxyl groups is 1. The van der Waals surface area contributed by atoms with Crippen LogP contribution in [0.5, 0.6) is 0 Å². The molecule has 3 N–H and O–H groups in total. The number of aliphatic hydroxyl groups excluding tert-OH is 1. The van der Waals surface area contributed by atoms with Gasteiger partial charge in [-0.1, -0.05) is 29.8 Å². The molecule has 0 aromatic heterocycles. The van der Waals surface area contributed by atoms with Crippen molar-refractivity contribution < 1.29 is 5.11 Å².